The number of aromatic nitrogens is 5. The number of rotatable bonds is 15. The van der Waals surface area contributed by atoms with E-state index in [9.17, 15) is 4.79 Å². The van der Waals surface area contributed by atoms with E-state index in [1.54, 1.807) is 30.4 Å². The minimum absolute atomic E-state index is 0.0620. The van der Waals surface area contributed by atoms with Gasteiger partial charge in [0.25, 0.3) is 0 Å². The molecule has 6 rings (SSSR count). The molecule has 0 radical (unpaired) electrons. The van der Waals surface area contributed by atoms with Gasteiger partial charge < -0.3 is 29.6 Å². The molecule has 1 saturated heterocycles. The van der Waals surface area contributed by atoms with Gasteiger partial charge >= 0.3 is 5.69 Å². The van der Waals surface area contributed by atoms with E-state index in [1.165, 1.54) is 4.68 Å². The lowest BCUT2D eigenvalue weighted by atomic mass is 9.98. The maximum atomic E-state index is 12.7. The van der Waals surface area contributed by atoms with E-state index in [1.807, 2.05) is 92.7 Å². The zero-order valence-electron chi connectivity index (χ0n) is 27.4. The lowest BCUT2D eigenvalue weighted by molar-refractivity contribution is -0.178. The number of nitrogens with zero attached hydrogens (tertiary/aromatic N) is 5. The van der Waals surface area contributed by atoms with E-state index >= 15 is 0 Å². The Balaban J connectivity index is 0.966. The van der Waals surface area contributed by atoms with Crippen LogP contribution in [0.1, 0.15) is 37.4 Å². The molecule has 1 aliphatic rings. The summed E-state index contributed by atoms with van der Waals surface area (Å²) in [6.07, 6.45) is 6.03. The second-order valence-electron chi connectivity index (χ2n) is 11.7. The number of hydrogen-bond donors (Lipinski definition) is 2. The van der Waals surface area contributed by atoms with Gasteiger partial charge in [-0.2, -0.15) is 15.3 Å². The minimum Gasteiger partial charge on any atom is -0.497 e. The summed E-state index contributed by atoms with van der Waals surface area (Å²) >= 11 is 0. The molecule has 250 valence electrons. The average molecular weight is 652 g/mol. The van der Waals surface area contributed by atoms with Crippen LogP contribution in [0.5, 0.6) is 11.5 Å². The van der Waals surface area contributed by atoms with Gasteiger partial charge in [-0.3, -0.25) is 0 Å². The van der Waals surface area contributed by atoms with Gasteiger partial charge in [-0.05, 0) is 97.8 Å². The molecular weight excluding hydrogens is 610 g/mol. The third-order valence-electron chi connectivity index (χ3n) is 8.39. The summed E-state index contributed by atoms with van der Waals surface area (Å²) in [6, 6.07) is 25.3. The van der Waals surface area contributed by atoms with Gasteiger partial charge in [0.05, 0.1) is 31.6 Å². The van der Waals surface area contributed by atoms with Crippen molar-refractivity contribution in [1.29, 1.82) is 0 Å². The maximum absolute atomic E-state index is 12.7. The van der Waals surface area contributed by atoms with Crippen LogP contribution in [0.3, 0.4) is 0 Å². The average Bonchev–Trinajstić information content (AvgIpc) is 3.73. The monoisotopic (exact) mass is 651 g/mol. The van der Waals surface area contributed by atoms with Gasteiger partial charge in [0.1, 0.15) is 30.5 Å². The van der Waals surface area contributed by atoms with Crippen molar-refractivity contribution in [2.75, 3.05) is 44.0 Å². The molecule has 1 fully saturated rings. The predicted octanol–water partition coefficient (Wildman–Crippen LogP) is 5.22. The molecular formula is C36H41N7O5. The van der Waals surface area contributed by atoms with Crippen molar-refractivity contribution in [3.63, 3.8) is 0 Å². The Morgan fingerprint density at radius 2 is 1.62 bits per heavy atom. The summed E-state index contributed by atoms with van der Waals surface area (Å²) < 4.78 is 27.4. The topological polar surface area (TPSA) is 127 Å². The summed E-state index contributed by atoms with van der Waals surface area (Å²) in [7, 11) is 1.64. The first-order valence-electron chi connectivity index (χ1n) is 16.2. The summed E-state index contributed by atoms with van der Waals surface area (Å²) in [5, 5.41) is 19.0. The largest absolute Gasteiger partial charge is 0.497 e. The van der Waals surface area contributed by atoms with E-state index in [0.717, 1.165) is 52.7 Å². The summed E-state index contributed by atoms with van der Waals surface area (Å²) in [5.41, 5.74) is 4.46. The van der Waals surface area contributed by atoms with E-state index in [4.69, 9.17) is 18.9 Å². The van der Waals surface area contributed by atoms with Gasteiger partial charge in [0.2, 0.25) is 0 Å². The van der Waals surface area contributed by atoms with Crippen molar-refractivity contribution >= 4 is 11.4 Å². The lowest BCUT2D eigenvalue weighted by Crippen LogP contribution is -2.32. The van der Waals surface area contributed by atoms with Crippen molar-refractivity contribution in [2.45, 2.75) is 44.6 Å². The Hall–Kier alpha value is -5.20. The number of ether oxygens (including phenoxy) is 4. The van der Waals surface area contributed by atoms with Crippen LogP contribution < -0.4 is 25.8 Å². The highest BCUT2D eigenvalue weighted by atomic mass is 16.8. The molecule has 1 unspecified atom stereocenters. The van der Waals surface area contributed by atoms with E-state index < -0.39 is 5.79 Å². The van der Waals surface area contributed by atoms with Crippen LogP contribution in [0.4, 0.5) is 11.4 Å². The third-order valence-corrected chi connectivity index (χ3v) is 8.39. The molecule has 2 N–H and O–H groups in total. The van der Waals surface area contributed by atoms with Crippen LogP contribution in [0, 0.1) is 0 Å². The van der Waals surface area contributed by atoms with Crippen LogP contribution in [0.15, 0.2) is 102 Å². The normalized spacial score (nSPS) is 17.9. The standard InChI is InChI=1S/C36H41N7O5/c1-4-26(2)43-35(44)42(25-41-43)31-11-7-29(8-12-31)37-19-20-38-30-9-15-33(16-10-30)46-23-34-24-47-36(48-34,21-27-17-18-39-40-22-27)28-5-13-32(45-3)14-6-28/h5-18,22,25-26,34,37-38H,4,19-21,23-24H2,1-3H3/t26?,34-,36-/m1/s1. The predicted molar refractivity (Wildman–Crippen MR) is 183 cm³/mol. The second-order valence-corrected chi connectivity index (χ2v) is 11.7. The van der Waals surface area contributed by atoms with E-state index in [-0.39, 0.29) is 17.8 Å². The third kappa shape index (κ3) is 7.67. The highest BCUT2D eigenvalue weighted by Gasteiger charge is 2.43. The Labute approximate surface area is 279 Å². The Morgan fingerprint density at radius 3 is 2.27 bits per heavy atom. The first-order valence-corrected chi connectivity index (χ1v) is 16.2. The summed E-state index contributed by atoms with van der Waals surface area (Å²) in [5.74, 6) is 0.541. The van der Waals surface area contributed by atoms with Crippen LogP contribution in [0.25, 0.3) is 5.69 Å². The quantitative estimate of drug-likeness (QED) is 0.146. The zero-order valence-corrected chi connectivity index (χ0v) is 27.4. The molecule has 12 nitrogen and oxygen atoms in total. The molecule has 3 heterocycles. The summed E-state index contributed by atoms with van der Waals surface area (Å²) in [6.45, 7) is 6.20. The molecule has 0 saturated carbocycles. The lowest BCUT2D eigenvalue weighted by Gasteiger charge is -2.29. The molecule has 12 heteroatoms. The van der Waals surface area contributed by atoms with Crippen molar-refractivity contribution in [2.24, 2.45) is 0 Å². The molecule has 2 aromatic heterocycles. The Bertz CT molecular complexity index is 1790. The zero-order chi connectivity index (χ0) is 33.3. The fourth-order valence-electron chi connectivity index (χ4n) is 5.51. The van der Waals surface area contributed by atoms with Crippen molar-refractivity contribution in [1.82, 2.24) is 24.5 Å². The van der Waals surface area contributed by atoms with Crippen molar-refractivity contribution in [3.8, 4) is 17.2 Å². The number of nitrogens with one attached hydrogen (secondary N) is 2. The van der Waals surface area contributed by atoms with Crippen molar-refractivity contribution in [3.05, 3.63) is 119 Å². The van der Waals surface area contributed by atoms with E-state index in [0.29, 0.717) is 26.2 Å². The Kier molecular flexibility index (Phi) is 10.3. The highest BCUT2D eigenvalue weighted by molar-refractivity contribution is 5.50. The van der Waals surface area contributed by atoms with Crippen LogP contribution in [0.2, 0.25) is 0 Å². The number of benzene rings is 3. The molecule has 0 aliphatic carbocycles. The fraction of sp³-hybridized carbons (Fsp3) is 0.333. The maximum Gasteiger partial charge on any atom is 0.350 e. The molecule has 3 aromatic carbocycles. The number of methoxy groups -OCH3 is 1. The van der Waals surface area contributed by atoms with Crippen LogP contribution in [-0.2, 0) is 21.7 Å². The first-order chi connectivity index (χ1) is 23.5. The number of hydrogen-bond acceptors (Lipinski definition) is 10. The first kappa shape index (κ1) is 32.7. The molecule has 0 spiro atoms. The van der Waals surface area contributed by atoms with Gasteiger partial charge in [0, 0.05) is 42.6 Å². The smallest absolute Gasteiger partial charge is 0.350 e. The highest BCUT2D eigenvalue weighted by Crippen LogP contribution is 2.38. The second kappa shape index (κ2) is 15.1. The summed E-state index contributed by atoms with van der Waals surface area (Å²) in [4.78, 5) is 12.7. The number of anilines is 2. The van der Waals surface area contributed by atoms with Crippen molar-refractivity contribution < 1.29 is 18.9 Å². The molecule has 3 atom stereocenters. The van der Waals surface area contributed by atoms with Gasteiger partial charge in [-0.1, -0.05) is 6.92 Å². The van der Waals surface area contributed by atoms with Gasteiger partial charge in [-0.25, -0.2) is 14.0 Å². The molecule has 0 amide bonds. The van der Waals surface area contributed by atoms with Crippen LogP contribution in [-0.4, -0.2) is 64.1 Å². The molecule has 48 heavy (non-hydrogen) atoms. The van der Waals surface area contributed by atoms with Crippen LogP contribution >= 0.6 is 0 Å². The van der Waals surface area contributed by atoms with Gasteiger partial charge in [0.15, 0.2) is 5.79 Å². The fourth-order valence-corrected chi connectivity index (χ4v) is 5.51. The molecule has 5 aromatic rings. The molecule has 1 aliphatic heterocycles. The minimum atomic E-state index is -0.968. The Morgan fingerprint density at radius 1 is 0.938 bits per heavy atom. The molecule has 0 bridgehead atoms. The van der Waals surface area contributed by atoms with Gasteiger partial charge in [-0.15, -0.1) is 0 Å². The SMILES string of the molecule is CCC(C)n1ncn(-c2ccc(NCCNc3ccc(OC[C@@H]4CO[C@@](Cc5ccnnc5)(c5ccc(OC)cc5)O4)cc3)cc2)c1=O. The van der Waals surface area contributed by atoms with E-state index in [2.05, 4.69) is 25.9 Å².